The number of likely N-dealkylation sites (tertiary alicyclic amines) is 1. The molecule has 0 atom stereocenters. The van der Waals surface area contributed by atoms with Crippen molar-refractivity contribution < 1.29 is 0 Å². The van der Waals surface area contributed by atoms with E-state index in [0.717, 1.165) is 12.5 Å². The van der Waals surface area contributed by atoms with E-state index in [1.807, 2.05) is 12.1 Å². The molecule has 3 nitrogen and oxygen atoms in total. The van der Waals surface area contributed by atoms with Crippen molar-refractivity contribution in [3.8, 4) is 0 Å². The van der Waals surface area contributed by atoms with Gasteiger partial charge in [-0.1, -0.05) is 17.7 Å². The number of piperidine rings is 1. The van der Waals surface area contributed by atoms with Gasteiger partial charge >= 0.3 is 0 Å². The van der Waals surface area contributed by atoms with Crippen molar-refractivity contribution in [2.45, 2.75) is 19.4 Å². The lowest BCUT2D eigenvalue weighted by Gasteiger charge is -2.33. The van der Waals surface area contributed by atoms with Crippen molar-refractivity contribution in [3.05, 3.63) is 28.8 Å². The topological polar surface area (TPSA) is 32.5 Å². The van der Waals surface area contributed by atoms with Crippen LogP contribution in [0.3, 0.4) is 0 Å². The Bertz CT molecular complexity index is 412. The molecule has 1 aromatic carbocycles. The molecule has 0 radical (unpaired) electrons. The molecule has 0 bridgehead atoms. The molecule has 0 aliphatic carbocycles. The minimum Gasteiger partial charge on any atom is -0.398 e. The van der Waals surface area contributed by atoms with Crippen molar-refractivity contribution in [3.63, 3.8) is 0 Å². The smallest absolute Gasteiger partial charge is 0.0638 e. The van der Waals surface area contributed by atoms with Crippen LogP contribution in [0.15, 0.2) is 18.2 Å². The van der Waals surface area contributed by atoms with Crippen LogP contribution in [0.1, 0.15) is 18.4 Å². The van der Waals surface area contributed by atoms with Crippen molar-refractivity contribution >= 4 is 17.3 Å². The first-order chi connectivity index (χ1) is 9.04. The van der Waals surface area contributed by atoms with E-state index < -0.39 is 0 Å². The molecular formula is C15H24ClN3. The molecule has 2 rings (SSSR count). The van der Waals surface area contributed by atoms with Gasteiger partial charge in [-0.05, 0) is 63.6 Å². The van der Waals surface area contributed by atoms with Crippen LogP contribution in [0.25, 0.3) is 0 Å². The van der Waals surface area contributed by atoms with E-state index in [2.05, 4.69) is 30.0 Å². The molecule has 1 aromatic rings. The average Bonchev–Trinajstić information content (AvgIpc) is 2.36. The Kier molecular flexibility index (Phi) is 5.08. The van der Waals surface area contributed by atoms with Gasteiger partial charge < -0.3 is 10.6 Å². The standard InChI is InChI=1S/C15H24ClN3/c1-18(2)10-12-5-7-19(8-6-12)11-13-3-4-15(17)14(16)9-13/h3-4,9,12H,5-8,10-11,17H2,1-2H3. The Morgan fingerprint density at radius 1 is 1.32 bits per heavy atom. The molecule has 0 aromatic heterocycles. The van der Waals surface area contributed by atoms with Crippen molar-refractivity contribution in [1.82, 2.24) is 9.80 Å². The third kappa shape index (κ3) is 4.37. The highest BCUT2D eigenvalue weighted by Crippen LogP contribution is 2.23. The fraction of sp³-hybridized carbons (Fsp3) is 0.600. The Labute approximate surface area is 121 Å². The zero-order valence-electron chi connectivity index (χ0n) is 11.9. The Hall–Kier alpha value is -0.770. The Morgan fingerprint density at radius 3 is 2.58 bits per heavy atom. The number of nitrogen functional groups attached to an aromatic ring is 1. The largest absolute Gasteiger partial charge is 0.398 e. The summed E-state index contributed by atoms with van der Waals surface area (Å²) < 4.78 is 0. The maximum absolute atomic E-state index is 6.06. The normalized spacial score (nSPS) is 18.1. The number of rotatable bonds is 4. The highest BCUT2D eigenvalue weighted by atomic mass is 35.5. The van der Waals surface area contributed by atoms with E-state index in [1.54, 1.807) is 0 Å². The second-order valence-electron chi connectivity index (χ2n) is 5.84. The Morgan fingerprint density at radius 2 is 2.00 bits per heavy atom. The quantitative estimate of drug-likeness (QED) is 0.862. The molecule has 1 aliphatic rings. The summed E-state index contributed by atoms with van der Waals surface area (Å²) in [6.45, 7) is 4.55. The minimum absolute atomic E-state index is 0.662. The molecule has 2 N–H and O–H groups in total. The van der Waals surface area contributed by atoms with E-state index in [0.29, 0.717) is 10.7 Å². The van der Waals surface area contributed by atoms with E-state index in [1.165, 1.54) is 38.0 Å². The summed E-state index contributed by atoms with van der Waals surface area (Å²) >= 11 is 6.06. The lowest BCUT2D eigenvalue weighted by Crippen LogP contribution is -2.36. The van der Waals surface area contributed by atoms with Crippen molar-refractivity contribution in [2.24, 2.45) is 5.92 Å². The van der Waals surface area contributed by atoms with Crippen LogP contribution in [0, 0.1) is 5.92 Å². The van der Waals surface area contributed by atoms with Gasteiger partial charge in [0.25, 0.3) is 0 Å². The maximum Gasteiger partial charge on any atom is 0.0638 e. The van der Waals surface area contributed by atoms with Gasteiger partial charge in [-0.25, -0.2) is 0 Å². The molecule has 1 fully saturated rings. The number of hydrogen-bond acceptors (Lipinski definition) is 3. The van der Waals surface area contributed by atoms with Gasteiger partial charge in [0.05, 0.1) is 10.7 Å². The fourth-order valence-corrected chi connectivity index (χ4v) is 2.97. The molecule has 4 heteroatoms. The number of anilines is 1. The first kappa shape index (κ1) is 14.6. The van der Waals surface area contributed by atoms with Crippen LogP contribution in [-0.2, 0) is 6.54 Å². The van der Waals surface area contributed by atoms with Gasteiger partial charge in [0.15, 0.2) is 0 Å². The van der Waals surface area contributed by atoms with Gasteiger partial charge in [0.1, 0.15) is 0 Å². The lowest BCUT2D eigenvalue weighted by molar-refractivity contribution is 0.157. The predicted molar refractivity (Wildman–Crippen MR) is 82.4 cm³/mol. The van der Waals surface area contributed by atoms with Crippen molar-refractivity contribution in [2.75, 3.05) is 39.5 Å². The van der Waals surface area contributed by atoms with Crippen LogP contribution in [-0.4, -0.2) is 43.5 Å². The summed E-state index contributed by atoms with van der Waals surface area (Å²) in [5, 5.41) is 0.667. The molecule has 1 saturated heterocycles. The van der Waals surface area contributed by atoms with E-state index in [4.69, 9.17) is 17.3 Å². The molecule has 0 spiro atoms. The first-order valence-corrected chi connectivity index (χ1v) is 7.33. The summed E-state index contributed by atoms with van der Waals surface area (Å²) in [4.78, 5) is 4.80. The molecule has 0 amide bonds. The lowest BCUT2D eigenvalue weighted by atomic mass is 9.96. The summed E-state index contributed by atoms with van der Waals surface area (Å²) in [6.07, 6.45) is 2.59. The van der Waals surface area contributed by atoms with Gasteiger partial charge in [0, 0.05) is 13.1 Å². The van der Waals surface area contributed by atoms with Crippen molar-refractivity contribution in [1.29, 1.82) is 0 Å². The highest BCUT2D eigenvalue weighted by molar-refractivity contribution is 6.33. The number of benzene rings is 1. The summed E-state index contributed by atoms with van der Waals surface area (Å²) in [5.74, 6) is 0.848. The number of halogens is 1. The third-order valence-corrected chi connectivity index (χ3v) is 4.13. The van der Waals surface area contributed by atoms with Crippen LogP contribution in [0.2, 0.25) is 5.02 Å². The molecule has 0 saturated carbocycles. The van der Waals surface area contributed by atoms with E-state index in [-0.39, 0.29) is 0 Å². The fourth-order valence-electron chi connectivity index (χ4n) is 2.77. The number of nitrogens with zero attached hydrogens (tertiary/aromatic N) is 2. The van der Waals surface area contributed by atoms with Gasteiger partial charge in [-0.15, -0.1) is 0 Å². The van der Waals surface area contributed by atoms with Gasteiger partial charge in [-0.2, -0.15) is 0 Å². The zero-order valence-corrected chi connectivity index (χ0v) is 12.7. The highest BCUT2D eigenvalue weighted by Gasteiger charge is 2.19. The molecule has 19 heavy (non-hydrogen) atoms. The first-order valence-electron chi connectivity index (χ1n) is 6.95. The summed E-state index contributed by atoms with van der Waals surface area (Å²) in [5.41, 5.74) is 7.65. The number of nitrogens with two attached hydrogens (primary N) is 1. The van der Waals surface area contributed by atoms with E-state index in [9.17, 15) is 0 Å². The molecule has 106 valence electrons. The molecule has 1 aliphatic heterocycles. The van der Waals surface area contributed by atoms with Crippen LogP contribution < -0.4 is 5.73 Å². The van der Waals surface area contributed by atoms with Crippen LogP contribution in [0.5, 0.6) is 0 Å². The van der Waals surface area contributed by atoms with Crippen LogP contribution >= 0.6 is 11.6 Å². The SMILES string of the molecule is CN(C)CC1CCN(Cc2ccc(N)c(Cl)c2)CC1. The zero-order chi connectivity index (χ0) is 13.8. The minimum atomic E-state index is 0.662. The van der Waals surface area contributed by atoms with Gasteiger partial charge in [0.2, 0.25) is 0 Å². The summed E-state index contributed by atoms with van der Waals surface area (Å²) in [7, 11) is 4.31. The third-order valence-electron chi connectivity index (χ3n) is 3.80. The number of hydrogen-bond donors (Lipinski definition) is 1. The average molecular weight is 282 g/mol. The van der Waals surface area contributed by atoms with Crippen LogP contribution in [0.4, 0.5) is 5.69 Å². The van der Waals surface area contributed by atoms with Gasteiger partial charge in [-0.3, -0.25) is 4.90 Å². The molecule has 1 heterocycles. The monoisotopic (exact) mass is 281 g/mol. The second kappa shape index (κ2) is 6.60. The molecule has 0 unspecified atom stereocenters. The maximum atomic E-state index is 6.06. The molecular weight excluding hydrogens is 258 g/mol. The summed E-state index contributed by atoms with van der Waals surface area (Å²) in [6, 6.07) is 5.96. The second-order valence-corrected chi connectivity index (χ2v) is 6.24. The van der Waals surface area contributed by atoms with E-state index >= 15 is 0 Å². The predicted octanol–water partition coefficient (Wildman–Crippen LogP) is 2.70. The Balaban J connectivity index is 1.83.